The van der Waals surface area contributed by atoms with Crippen LogP contribution in [0.25, 0.3) is 0 Å². The highest BCUT2D eigenvalue weighted by Crippen LogP contribution is 2.34. The third-order valence-electron chi connectivity index (χ3n) is 5.02. The van der Waals surface area contributed by atoms with Gasteiger partial charge < -0.3 is 5.11 Å². The monoisotopic (exact) mass is 343 g/mol. The van der Waals surface area contributed by atoms with Crippen molar-refractivity contribution in [1.29, 1.82) is 0 Å². The molecular formula is C20H25NO2S. The third-order valence-corrected chi connectivity index (χ3v) is 5.72. The van der Waals surface area contributed by atoms with E-state index in [4.69, 9.17) is 0 Å². The van der Waals surface area contributed by atoms with E-state index in [1.54, 1.807) is 11.3 Å². The lowest BCUT2D eigenvalue weighted by atomic mass is 9.91. The second-order valence-corrected chi connectivity index (χ2v) is 7.71. The number of carbonyl (C=O) groups is 1. The molecule has 1 fully saturated rings. The number of nitrogens with zero attached hydrogens (tertiary/aromatic N) is 1. The Morgan fingerprint density at radius 3 is 2.21 bits per heavy atom. The van der Waals surface area contributed by atoms with E-state index < -0.39 is 5.97 Å². The molecule has 0 radical (unpaired) electrons. The maximum atomic E-state index is 11.2. The summed E-state index contributed by atoms with van der Waals surface area (Å²) in [6, 6.07) is 11.3. The number of thiophene rings is 1. The fourth-order valence-electron chi connectivity index (χ4n) is 3.51. The highest BCUT2D eigenvalue weighted by molar-refractivity contribution is 7.08. The van der Waals surface area contributed by atoms with E-state index in [1.807, 2.05) is 0 Å². The molecule has 1 saturated heterocycles. The number of hydrogen-bond donors (Lipinski definition) is 1. The second-order valence-electron chi connectivity index (χ2n) is 6.93. The van der Waals surface area contributed by atoms with Gasteiger partial charge in [0.1, 0.15) is 0 Å². The van der Waals surface area contributed by atoms with Crippen LogP contribution in [0.15, 0.2) is 41.1 Å². The Kier molecular flexibility index (Phi) is 5.36. The standard InChI is InChI=1S/C20H25NO2S/c1-14(2)15-3-5-16(6-4-15)19(18-9-12-24-13-18)21-10-7-17(8-11-21)20(22)23/h3-6,9,12-14,17,19H,7-8,10-11H2,1-2H3,(H,22,23). The molecule has 128 valence electrons. The summed E-state index contributed by atoms with van der Waals surface area (Å²) in [5.41, 5.74) is 3.96. The minimum absolute atomic E-state index is 0.187. The zero-order chi connectivity index (χ0) is 17.1. The van der Waals surface area contributed by atoms with Crippen LogP contribution in [0.3, 0.4) is 0 Å². The molecule has 1 unspecified atom stereocenters. The Bertz CT molecular complexity index is 655. The Hall–Kier alpha value is -1.65. The third kappa shape index (κ3) is 3.70. The fraction of sp³-hybridized carbons (Fsp3) is 0.450. The fourth-order valence-corrected chi connectivity index (χ4v) is 4.19. The van der Waals surface area contributed by atoms with Crippen LogP contribution in [0, 0.1) is 5.92 Å². The van der Waals surface area contributed by atoms with Crippen LogP contribution in [0.1, 0.15) is 55.3 Å². The average Bonchev–Trinajstić information content (AvgIpc) is 3.10. The largest absolute Gasteiger partial charge is 0.481 e. The van der Waals surface area contributed by atoms with Crippen LogP contribution in [0.4, 0.5) is 0 Å². The lowest BCUT2D eigenvalue weighted by Gasteiger charge is -2.36. The first kappa shape index (κ1) is 17.2. The normalized spacial score (nSPS) is 18.0. The van der Waals surface area contributed by atoms with Gasteiger partial charge in [0.05, 0.1) is 12.0 Å². The van der Waals surface area contributed by atoms with E-state index in [1.165, 1.54) is 16.7 Å². The SMILES string of the molecule is CC(C)c1ccc(C(c2ccsc2)N2CCC(C(=O)O)CC2)cc1. The summed E-state index contributed by atoms with van der Waals surface area (Å²) in [7, 11) is 0. The molecule has 2 aromatic rings. The molecule has 3 nitrogen and oxygen atoms in total. The first-order valence-electron chi connectivity index (χ1n) is 8.65. The number of carboxylic acid groups (broad SMARTS) is 1. The maximum absolute atomic E-state index is 11.2. The summed E-state index contributed by atoms with van der Waals surface area (Å²) < 4.78 is 0. The predicted octanol–water partition coefficient (Wildman–Crippen LogP) is 4.76. The minimum Gasteiger partial charge on any atom is -0.481 e. The van der Waals surface area contributed by atoms with Gasteiger partial charge in [-0.15, -0.1) is 0 Å². The van der Waals surface area contributed by atoms with E-state index in [0.29, 0.717) is 5.92 Å². The Labute approximate surface area is 147 Å². The summed E-state index contributed by atoms with van der Waals surface area (Å²) in [6.07, 6.45) is 1.47. The van der Waals surface area contributed by atoms with Gasteiger partial charge >= 0.3 is 5.97 Å². The van der Waals surface area contributed by atoms with Crippen LogP contribution < -0.4 is 0 Å². The highest BCUT2D eigenvalue weighted by Gasteiger charge is 2.30. The summed E-state index contributed by atoms with van der Waals surface area (Å²) >= 11 is 1.72. The number of benzene rings is 1. The van der Waals surface area contributed by atoms with E-state index in [2.05, 4.69) is 59.8 Å². The van der Waals surface area contributed by atoms with Crippen LogP contribution in [0.2, 0.25) is 0 Å². The van der Waals surface area contributed by atoms with Crippen molar-refractivity contribution >= 4 is 17.3 Å². The molecule has 0 amide bonds. The van der Waals surface area contributed by atoms with E-state index in [0.717, 1.165) is 25.9 Å². The number of piperidine rings is 1. The zero-order valence-electron chi connectivity index (χ0n) is 14.3. The Morgan fingerprint density at radius 2 is 1.71 bits per heavy atom. The Morgan fingerprint density at radius 1 is 1.08 bits per heavy atom. The first-order valence-corrected chi connectivity index (χ1v) is 9.59. The van der Waals surface area contributed by atoms with Gasteiger partial charge in [0.15, 0.2) is 0 Å². The number of likely N-dealkylation sites (tertiary alicyclic amines) is 1. The molecule has 1 aliphatic rings. The van der Waals surface area contributed by atoms with Crippen LogP contribution in [-0.2, 0) is 4.79 Å². The molecule has 3 rings (SSSR count). The van der Waals surface area contributed by atoms with Crippen molar-refractivity contribution in [3.8, 4) is 0 Å². The molecule has 1 aliphatic heterocycles. The molecule has 0 aliphatic carbocycles. The van der Waals surface area contributed by atoms with Crippen molar-refractivity contribution in [3.63, 3.8) is 0 Å². The van der Waals surface area contributed by atoms with Crippen LogP contribution >= 0.6 is 11.3 Å². The molecule has 0 saturated carbocycles. The predicted molar refractivity (Wildman–Crippen MR) is 98.6 cm³/mol. The summed E-state index contributed by atoms with van der Waals surface area (Å²) in [5.74, 6) is -0.305. The topological polar surface area (TPSA) is 40.5 Å². The molecule has 0 bridgehead atoms. The maximum Gasteiger partial charge on any atom is 0.306 e. The van der Waals surface area contributed by atoms with Crippen molar-refractivity contribution in [2.45, 2.75) is 38.6 Å². The van der Waals surface area contributed by atoms with Gasteiger partial charge in [-0.3, -0.25) is 9.69 Å². The molecule has 1 aromatic heterocycles. The molecule has 24 heavy (non-hydrogen) atoms. The molecule has 1 N–H and O–H groups in total. The zero-order valence-corrected chi connectivity index (χ0v) is 15.1. The molecule has 1 aromatic carbocycles. The number of rotatable bonds is 5. The van der Waals surface area contributed by atoms with Crippen molar-refractivity contribution < 1.29 is 9.90 Å². The van der Waals surface area contributed by atoms with Crippen molar-refractivity contribution in [1.82, 2.24) is 4.90 Å². The smallest absolute Gasteiger partial charge is 0.306 e. The molecule has 4 heteroatoms. The number of aliphatic carboxylic acids is 1. The van der Waals surface area contributed by atoms with Gasteiger partial charge in [0.25, 0.3) is 0 Å². The summed E-state index contributed by atoms with van der Waals surface area (Å²) in [5, 5.41) is 13.6. The van der Waals surface area contributed by atoms with Gasteiger partial charge in [-0.05, 0) is 65.4 Å². The second kappa shape index (κ2) is 7.49. The van der Waals surface area contributed by atoms with E-state index in [9.17, 15) is 9.90 Å². The van der Waals surface area contributed by atoms with Gasteiger partial charge in [-0.2, -0.15) is 11.3 Å². The van der Waals surface area contributed by atoms with E-state index in [-0.39, 0.29) is 12.0 Å². The molecule has 0 spiro atoms. The van der Waals surface area contributed by atoms with E-state index >= 15 is 0 Å². The number of carboxylic acids is 1. The van der Waals surface area contributed by atoms with Crippen LogP contribution in [-0.4, -0.2) is 29.1 Å². The van der Waals surface area contributed by atoms with Gasteiger partial charge in [-0.25, -0.2) is 0 Å². The lowest BCUT2D eigenvalue weighted by Crippen LogP contribution is -2.39. The van der Waals surface area contributed by atoms with Crippen molar-refractivity contribution in [2.24, 2.45) is 5.92 Å². The molecule has 1 atom stereocenters. The van der Waals surface area contributed by atoms with Gasteiger partial charge in [0, 0.05) is 0 Å². The Balaban J connectivity index is 1.84. The summed E-state index contributed by atoms with van der Waals surface area (Å²) in [4.78, 5) is 13.7. The highest BCUT2D eigenvalue weighted by atomic mass is 32.1. The first-order chi connectivity index (χ1) is 11.6. The lowest BCUT2D eigenvalue weighted by molar-refractivity contribution is -0.143. The van der Waals surface area contributed by atoms with Crippen molar-refractivity contribution in [2.75, 3.05) is 13.1 Å². The average molecular weight is 343 g/mol. The molecular weight excluding hydrogens is 318 g/mol. The summed E-state index contributed by atoms with van der Waals surface area (Å²) in [6.45, 7) is 6.09. The minimum atomic E-state index is -0.650. The van der Waals surface area contributed by atoms with Gasteiger partial charge in [0.2, 0.25) is 0 Å². The quantitative estimate of drug-likeness (QED) is 0.851. The van der Waals surface area contributed by atoms with Crippen LogP contribution in [0.5, 0.6) is 0 Å². The number of hydrogen-bond acceptors (Lipinski definition) is 3. The molecule has 2 heterocycles. The van der Waals surface area contributed by atoms with Crippen molar-refractivity contribution in [3.05, 3.63) is 57.8 Å². The van der Waals surface area contributed by atoms with Gasteiger partial charge in [-0.1, -0.05) is 38.1 Å².